The van der Waals surface area contributed by atoms with Crippen LogP contribution in [-0.4, -0.2) is 28.6 Å². The lowest BCUT2D eigenvalue weighted by Gasteiger charge is -2.35. The van der Waals surface area contributed by atoms with E-state index in [0.29, 0.717) is 16.5 Å². The molecule has 1 N–H and O–H groups in total. The minimum absolute atomic E-state index is 0.113. The first-order valence-corrected chi connectivity index (χ1v) is 8.96. The van der Waals surface area contributed by atoms with Gasteiger partial charge in [0.1, 0.15) is 5.82 Å². The maximum absolute atomic E-state index is 13.4. The predicted molar refractivity (Wildman–Crippen MR) is 85.7 cm³/mol. The summed E-state index contributed by atoms with van der Waals surface area (Å²) < 4.78 is 13.4. The van der Waals surface area contributed by atoms with Gasteiger partial charge in [0.2, 0.25) is 0 Å². The van der Waals surface area contributed by atoms with Gasteiger partial charge >= 0.3 is 0 Å². The zero-order valence-electron chi connectivity index (χ0n) is 11.8. The van der Waals surface area contributed by atoms with Crippen LogP contribution in [0.4, 0.5) is 4.39 Å². The summed E-state index contributed by atoms with van der Waals surface area (Å²) in [5.41, 5.74) is 1.95. The number of aryl methyl sites for hydroxylation is 1. The maximum atomic E-state index is 13.4. The minimum Gasteiger partial charge on any atom is -0.309 e. The fraction of sp³-hybridized carbons (Fsp3) is 0.600. The van der Waals surface area contributed by atoms with Gasteiger partial charge in [0, 0.05) is 28.0 Å². The molecule has 1 nitrogen and oxygen atoms in total. The maximum Gasteiger partial charge on any atom is 0.126 e. The molecule has 1 aliphatic rings. The molecule has 1 aromatic rings. The first kappa shape index (κ1) is 15.2. The largest absolute Gasteiger partial charge is 0.309 e. The topological polar surface area (TPSA) is 12.0 Å². The fourth-order valence-electron chi connectivity index (χ4n) is 2.52. The smallest absolute Gasteiger partial charge is 0.126 e. The van der Waals surface area contributed by atoms with Crippen molar-refractivity contribution in [3.8, 4) is 0 Å². The Morgan fingerprint density at radius 2 is 2.11 bits per heavy atom. The molecule has 1 heterocycles. The van der Waals surface area contributed by atoms with Crippen molar-refractivity contribution in [2.24, 2.45) is 0 Å². The van der Waals surface area contributed by atoms with Crippen molar-refractivity contribution in [2.75, 3.05) is 18.1 Å². The molecular weight excluding hydrogens is 277 g/mol. The Morgan fingerprint density at radius 1 is 1.37 bits per heavy atom. The zero-order valence-corrected chi connectivity index (χ0v) is 13.4. The van der Waals surface area contributed by atoms with E-state index in [1.54, 1.807) is 6.07 Å². The van der Waals surface area contributed by atoms with Gasteiger partial charge in [-0.25, -0.2) is 4.39 Å². The molecule has 3 unspecified atom stereocenters. The van der Waals surface area contributed by atoms with Gasteiger partial charge < -0.3 is 5.32 Å². The molecule has 106 valence electrons. The second-order valence-corrected chi connectivity index (χ2v) is 7.73. The van der Waals surface area contributed by atoms with Crippen LogP contribution < -0.4 is 5.32 Å². The number of rotatable bonds is 4. The first-order chi connectivity index (χ1) is 9.13. The second-order valence-electron chi connectivity index (χ2n) is 4.96. The van der Waals surface area contributed by atoms with Gasteiger partial charge in [-0.05, 0) is 30.7 Å². The highest BCUT2D eigenvalue weighted by Crippen LogP contribution is 2.38. The summed E-state index contributed by atoms with van der Waals surface area (Å²) in [5, 5.41) is 4.78. The highest BCUT2D eigenvalue weighted by molar-refractivity contribution is 8.07. The van der Waals surface area contributed by atoms with Gasteiger partial charge in [-0.3, -0.25) is 0 Å². The molecule has 4 heteroatoms. The molecule has 0 amide bonds. The highest BCUT2D eigenvalue weighted by atomic mass is 32.2. The van der Waals surface area contributed by atoms with E-state index in [9.17, 15) is 4.39 Å². The number of thioether (sulfide) groups is 2. The molecule has 0 spiro atoms. The van der Waals surface area contributed by atoms with Crippen LogP contribution in [0.3, 0.4) is 0 Å². The van der Waals surface area contributed by atoms with E-state index >= 15 is 0 Å². The summed E-state index contributed by atoms with van der Waals surface area (Å²) in [6, 6.07) is 5.84. The molecule has 1 aromatic carbocycles. The lowest BCUT2D eigenvalue weighted by atomic mass is 9.99. The summed E-state index contributed by atoms with van der Waals surface area (Å²) in [5.74, 6) is 2.34. The SMILES string of the molecule is CCNC(c1ccc(F)c(C)c1)C1SCCSC1C. The van der Waals surface area contributed by atoms with Crippen molar-refractivity contribution < 1.29 is 4.39 Å². The van der Waals surface area contributed by atoms with E-state index in [0.717, 1.165) is 12.1 Å². The van der Waals surface area contributed by atoms with Crippen molar-refractivity contribution >= 4 is 23.5 Å². The van der Waals surface area contributed by atoms with Crippen LogP contribution in [0.15, 0.2) is 18.2 Å². The van der Waals surface area contributed by atoms with Crippen LogP contribution in [0.2, 0.25) is 0 Å². The third-order valence-corrected chi connectivity index (χ3v) is 6.73. The Labute approximate surface area is 124 Å². The van der Waals surface area contributed by atoms with Crippen molar-refractivity contribution in [2.45, 2.75) is 37.3 Å². The van der Waals surface area contributed by atoms with E-state index in [1.807, 2.05) is 42.6 Å². The van der Waals surface area contributed by atoms with Crippen LogP contribution >= 0.6 is 23.5 Å². The molecule has 1 fully saturated rings. The molecule has 2 rings (SSSR count). The van der Waals surface area contributed by atoms with E-state index in [2.05, 4.69) is 19.2 Å². The second kappa shape index (κ2) is 7.00. The summed E-state index contributed by atoms with van der Waals surface area (Å²) in [6.45, 7) is 7.22. The molecule has 0 saturated carbocycles. The summed E-state index contributed by atoms with van der Waals surface area (Å²) >= 11 is 4.09. The molecule has 0 radical (unpaired) electrons. The van der Waals surface area contributed by atoms with E-state index < -0.39 is 0 Å². The molecule has 0 aliphatic carbocycles. The van der Waals surface area contributed by atoms with Gasteiger partial charge in [-0.15, -0.1) is 0 Å². The summed E-state index contributed by atoms with van der Waals surface area (Å²) in [7, 11) is 0. The Hall–Kier alpha value is -0.190. The van der Waals surface area contributed by atoms with Crippen molar-refractivity contribution in [1.82, 2.24) is 5.32 Å². The molecule has 19 heavy (non-hydrogen) atoms. The van der Waals surface area contributed by atoms with Gasteiger partial charge in [0.05, 0.1) is 0 Å². The average Bonchev–Trinajstić information content (AvgIpc) is 2.40. The van der Waals surface area contributed by atoms with Crippen molar-refractivity contribution in [3.05, 3.63) is 35.1 Å². The number of halogens is 1. The standard InChI is InChI=1S/C15H22FNS2/c1-4-17-14(15-11(3)18-7-8-19-15)12-5-6-13(16)10(2)9-12/h5-6,9,11,14-15,17H,4,7-8H2,1-3H3. The Balaban J connectivity index is 2.25. The molecule has 0 bridgehead atoms. The normalized spacial score (nSPS) is 25.3. The highest BCUT2D eigenvalue weighted by Gasteiger charge is 2.31. The average molecular weight is 299 g/mol. The number of nitrogens with one attached hydrogen (secondary N) is 1. The lowest BCUT2D eigenvalue weighted by Crippen LogP contribution is -2.37. The van der Waals surface area contributed by atoms with Crippen LogP contribution in [0.5, 0.6) is 0 Å². The van der Waals surface area contributed by atoms with Gasteiger partial charge in [0.15, 0.2) is 0 Å². The monoisotopic (exact) mass is 299 g/mol. The Kier molecular flexibility index (Phi) is 5.60. The zero-order chi connectivity index (χ0) is 13.8. The predicted octanol–water partition coefficient (Wildman–Crippen LogP) is 4.02. The lowest BCUT2D eigenvalue weighted by molar-refractivity contribution is 0.523. The van der Waals surface area contributed by atoms with E-state index in [1.165, 1.54) is 17.1 Å². The van der Waals surface area contributed by atoms with E-state index in [-0.39, 0.29) is 5.82 Å². The Morgan fingerprint density at radius 3 is 2.74 bits per heavy atom. The third-order valence-electron chi connectivity index (χ3n) is 3.53. The molecular formula is C15H22FNS2. The molecule has 1 aliphatic heterocycles. The van der Waals surface area contributed by atoms with Crippen LogP contribution in [0, 0.1) is 12.7 Å². The van der Waals surface area contributed by atoms with Gasteiger partial charge in [0.25, 0.3) is 0 Å². The first-order valence-electron chi connectivity index (χ1n) is 6.86. The minimum atomic E-state index is -0.113. The van der Waals surface area contributed by atoms with Crippen LogP contribution in [0.1, 0.15) is 31.0 Å². The summed E-state index contributed by atoms with van der Waals surface area (Å²) in [6.07, 6.45) is 0. The molecule has 1 saturated heterocycles. The van der Waals surface area contributed by atoms with Gasteiger partial charge in [-0.2, -0.15) is 23.5 Å². The van der Waals surface area contributed by atoms with Crippen molar-refractivity contribution in [1.29, 1.82) is 0 Å². The van der Waals surface area contributed by atoms with Crippen LogP contribution in [0.25, 0.3) is 0 Å². The van der Waals surface area contributed by atoms with Crippen LogP contribution in [-0.2, 0) is 0 Å². The number of benzene rings is 1. The molecule has 3 atom stereocenters. The fourth-order valence-corrected chi connectivity index (χ4v) is 5.47. The van der Waals surface area contributed by atoms with E-state index in [4.69, 9.17) is 0 Å². The Bertz CT molecular complexity index is 425. The van der Waals surface area contributed by atoms with Gasteiger partial charge in [-0.1, -0.05) is 26.0 Å². The number of hydrogen-bond acceptors (Lipinski definition) is 3. The number of hydrogen-bond donors (Lipinski definition) is 1. The van der Waals surface area contributed by atoms with Crippen molar-refractivity contribution in [3.63, 3.8) is 0 Å². The summed E-state index contributed by atoms with van der Waals surface area (Å²) in [4.78, 5) is 0. The quantitative estimate of drug-likeness (QED) is 0.902. The third kappa shape index (κ3) is 3.67. The molecule has 0 aromatic heterocycles.